The molecular weight excluding hydrogens is 603 g/mol. The SMILES string of the molecule is NCC(=O)O.[Al+3].[Al+3].[Al+3].[Al+3].[Cl-].[Cl-].[Cl-].[Cl-].[OH-].[OH-].[OH-].[OH-].[OH-].[OH-].[OH-].[OH-].[OH-].[OH-].[OH-].[OH-].[Zr+4]. The molecular formula is C2H17Al4Cl4NO14Zr. The van der Waals surface area contributed by atoms with Gasteiger partial charge in [-0.05, 0) is 0 Å². The van der Waals surface area contributed by atoms with Crippen molar-refractivity contribution in [2.24, 2.45) is 5.73 Å². The fraction of sp³-hybridized carbons (Fsp3) is 0.500. The monoisotopic (exact) mass is 617 g/mol. The molecule has 0 aliphatic carbocycles. The molecule has 0 heterocycles. The van der Waals surface area contributed by atoms with Gasteiger partial charge in [-0.1, -0.05) is 0 Å². The molecule has 0 rings (SSSR count). The molecule has 0 amide bonds. The molecule has 0 unspecified atom stereocenters. The Morgan fingerprint density at radius 2 is 0.577 bits per heavy atom. The van der Waals surface area contributed by atoms with Crippen LogP contribution in [-0.2, 0) is 31.0 Å². The van der Waals surface area contributed by atoms with E-state index in [0.717, 1.165) is 0 Å². The van der Waals surface area contributed by atoms with Gasteiger partial charge in [0.25, 0.3) is 0 Å². The van der Waals surface area contributed by atoms with Crippen LogP contribution in [-0.4, -0.2) is 153 Å². The maximum Gasteiger partial charge on any atom is 4.00 e. The van der Waals surface area contributed by atoms with Crippen molar-refractivity contribution in [2.75, 3.05) is 6.54 Å². The molecule has 26 heavy (non-hydrogen) atoms. The average Bonchev–Trinajstić information content (AvgIpc) is 1.38. The Bertz CT molecular complexity index is 86.2. The van der Waals surface area contributed by atoms with E-state index in [1.165, 1.54) is 0 Å². The van der Waals surface area contributed by atoms with Crippen LogP contribution < -0.4 is 55.4 Å². The molecule has 158 valence electrons. The summed E-state index contributed by atoms with van der Waals surface area (Å²) >= 11 is 0. The zero-order valence-corrected chi connectivity index (χ0v) is 22.4. The van der Waals surface area contributed by atoms with Crippen LogP contribution in [0.2, 0.25) is 0 Å². The smallest absolute Gasteiger partial charge is 1.00 e. The molecule has 0 saturated heterocycles. The molecule has 15 nitrogen and oxygen atoms in total. The van der Waals surface area contributed by atoms with Crippen LogP contribution >= 0.6 is 0 Å². The summed E-state index contributed by atoms with van der Waals surface area (Å²) in [4.78, 5) is 9.24. The summed E-state index contributed by atoms with van der Waals surface area (Å²) < 4.78 is 0. The zero-order valence-electron chi connectivity index (χ0n) is 12.3. The number of carboxylic acids is 1. The zero-order chi connectivity index (χ0) is 4.28. The Hall–Kier alpha value is 3.12. The number of nitrogens with two attached hydrogens (primary N) is 1. The predicted molar refractivity (Wildman–Crippen MR) is 62.9 cm³/mol. The van der Waals surface area contributed by atoms with Crippen LogP contribution in [0.15, 0.2) is 0 Å². The molecule has 0 aromatic rings. The Morgan fingerprint density at radius 1 is 0.538 bits per heavy atom. The number of halogens is 4. The molecule has 0 aliphatic rings. The van der Waals surface area contributed by atoms with Gasteiger partial charge >= 0.3 is 102 Å². The minimum absolute atomic E-state index is 0. The molecule has 0 radical (unpaired) electrons. The first-order valence-electron chi connectivity index (χ1n) is 1.19. The summed E-state index contributed by atoms with van der Waals surface area (Å²) in [5, 5.41) is 7.60. The van der Waals surface area contributed by atoms with Crippen molar-refractivity contribution in [3.05, 3.63) is 0 Å². The molecule has 0 fully saturated rings. The first-order chi connectivity index (χ1) is 2.27. The van der Waals surface area contributed by atoms with Gasteiger partial charge in [0.05, 0.1) is 6.54 Å². The van der Waals surface area contributed by atoms with Gasteiger partial charge in [-0.2, -0.15) is 0 Å². The number of carbonyl (C=O) groups is 1. The van der Waals surface area contributed by atoms with Gasteiger partial charge in [-0.3, -0.25) is 4.79 Å². The molecule has 15 N–H and O–H groups in total. The summed E-state index contributed by atoms with van der Waals surface area (Å²) in [7, 11) is 0. The first-order valence-corrected chi connectivity index (χ1v) is 1.19. The Balaban J connectivity index is -0.000000000381. The number of carboxylic acid groups (broad SMARTS) is 1. The Morgan fingerprint density at radius 3 is 0.577 bits per heavy atom. The molecule has 0 atom stereocenters. The molecule has 0 spiro atoms. The van der Waals surface area contributed by atoms with E-state index in [4.69, 9.17) is 5.11 Å². The van der Waals surface area contributed by atoms with Gasteiger partial charge in [0.1, 0.15) is 0 Å². The third-order valence-electron chi connectivity index (χ3n) is 0.175. The van der Waals surface area contributed by atoms with Gasteiger partial charge in [0.2, 0.25) is 0 Å². The number of hydrogen-bond donors (Lipinski definition) is 2. The molecule has 0 bridgehead atoms. The molecule has 24 heteroatoms. The predicted octanol–water partition coefficient (Wildman–Crippen LogP) is -16.6. The van der Waals surface area contributed by atoms with Crippen molar-refractivity contribution in [2.45, 2.75) is 0 Å². The molecule has 0 aromatic heterocycles. The van der Waals surface area contributed by atoms with Crippen LogP contribution in [0, 0.1) is 0 Å². The minimum Gasteiger partial charge on any atom is -1.00 e. The van der Waals surface area contributed by atoms with Crippen LogP contribution in [0.3, 0.4) is 0 Å². The van der Waals surface area contributed by atoms with Crippen LogP contribution in [0.1, 0.15) is 0 Å². The summed E-state index contributed by atoms with van der Waals surface area (Å²) in [6, 6.07) is 0. The second-order valence-electron chi connectivity index (χ2n) is 0.598. The third-order valence-corrected chi connectivity index (χ3v) is 0.175. The van der Waals surface area contributed by atoms with Crippen molar-refractivity contribution in [1.82, 2.24) is 0 Å². The van der Waals surface area contributed by atoms with Crippen molar-refractivity contribution < 1.29 is 151 Å². The molecule has 0 aromatic carbocycles. The minimum atomic E-state index is -0.968. The Labute approximate surface area is 237 Å². The number of rotatable bonds is 1. The molecule has 0 saturated carbocycles. The first kappa shape index (κ1) is 454. The Kier molecular flexibility index (Phi) is 7120. The number of aliphatic carboxylic acids is 1. The van der Waals surface area contributed by atoms with E-state index in [9.17, 15) is 4.79 Å². The van der Waals surface area contributed by atoms with Gasteiger partial charge in [-0.15, -0.1) is 0 Å². The fourth-order valence-electron chi connectivity index (χ4n) is 0. The second-order valence-corrected chi connectivity index (χ2v) is 0.598. The summed E-state index contributed by atoms with van der Waals surface area (Å²) in [6.45, 7) is -0.278. The summed E-state index contributed by atoms with van der Waals surface area (Å²) in [5.41, 5.74) is 4.57. The van der Waals surface area contributed by atoms with Crippen molar-refractivity contribution in [3.63, 3.8) is 0 Å². The van der Waals surface area contributed by atoms with E-state index in [0.29, 0.717) is 0 Å². The average molecular weight is 620 g/mol. The largest absolute Gasteiger partial charge is 4.00 e. The quantitative estimate of drug-likeness (QED) is 0.257. The fourth-order valence-corrected chi connectivity index (χ4v) is 0. The van der Waals surface area contributed by atoms with Crippen LogP contribution in [0.5, 0.6) is 0 Å². The van der Waals surface area contributed by atoms with E-state index in [1.807, 2.05) is 0 Å². The van der Waals surface area contributed by atoms with E-state index in [-0.39, 0.29) is 218 Å². The van der Waals surface area contributed by atoms with E-state index in [2.05, 4.69) is 5.73 Å². The van der Waals surface area contributed by atoms with Crippen LogP contribution in [0.4, 0.5) is 0 Å². The topological polar surface area (TPSA) is 423 Å². The second kappa shape index (κ2) is 408. The van der Waals surface area contributed by atoms with Gasteiger partial charge in [-0.25, -0.2) is 0 Å². The van der Waals surface area contributed by atoms with Gasteiger partial charge in [0, 0.05) is 0 Å². The van der Waals surface area contributed by atoms with Gasteiger partial charge in [0.15, 0.2) is 0 Å². The standard InChI is InChI=1S/C2H5NO2.4Al.4ClH.12H2O.Zr/c3-1-2(4)5;;;;;;;;;;;;;;;;;;;;;/h1,3H2,(H,4,5);;;;;4*1H;12*1H2;/q;4*+3;;;;;;;;;;;;;;;;;+4/p-16. The van der Waals surface area contributed by atoms with Crippen molar-refractivity contribution in [3.8, 4) is 0 Å². The summed E-state index contributed by atoms with van der Waals surface area (Å²) in [5.74, 6) is -0.968. The van der Waals surface area contributed by atoms with E-state index < -0.39 is 5.97 Å². The maximum absolute atomic E-state index is 9.24. The van der Waals surface area contributed by atoms with Crippen LogP contribution in [0.25, 0.3) is 0 Å². The van der Waals surface area contributed by atoms with E-state index >= 15 is 0 Å². The number of hydrogen-bond acceptors (Lipinski definition) is 14. The third kappa shape index (κ3) is 705. The van der Waals surface area contributed by atoms with Gasteiger partial charge < -0.3 is 126 Å². The van der Waals surface area contributed by atoms with Crippen molar-refractivity contribution >= 4 is 75.4 Å². The van der Waals surface area contributed by atoms with E-state index in [1.54, 1.807) is 0 Å². The normalized spacial score (nSPS) is 1.42. The maximum atomic E-state index is 9.24. The van der Waals surface area contributed by atoms with Crippen molar-refractivity contribution in [1.29, 1.82) is 0 Å². The summed E-state index contributed by atoms with van der Waals surface area (Å²) in [6.07, 6.45) is 0. The molecule has 0 aliphatic heterocycles.